The lowest BCUT2D eigenvalue weighted by Gasteiger charge is -2.18. The highest BCUT2D eigenvalue weighted by Gasteiger charge is 2.19. The molecule has 4 heterocycles. The minimum atomic E-state index is -0.841. The largest absolute Gasteiger partial charge is 0.481 e. The molecule has 0 amide bonds. The lowest BCUT2D eigenvalue weighted by atomic mass is 9.92. The minimum absolute atomic E-state index is 0.0667. The van der Waals surface area contributed by atoms with Crippen LogP contribution in [0.1, 0.15) is 81.6 Å². The van der Waals surface area contributed by atoms with E-state index >= 15 is 0 Å². The number of carboxylic acid groups (broad SMARTS) is 2. The van der Waals surface area contributed by atoms with Crippen molar-refractivity contribution in [2.24, 2.45) is 0 Å². The molecule has 394 valence electrons. The van der Waals surface area contributed by atoms with Crippen molar-refractivity contribution < 1.29 is 38.7 Å². The van der Waals surface area contributed by atoms with Crippen LogP contribution in [0.15, 0.2) is 131 Å². The first kappa shape index (κ1) is 54.7. The van der Waals surface area contributed by atoms with Crippen LogP contribution in [-0.4, -0.2) is 75.2 Å². The van der Waals surface area contributed by atoms with Crippen molar-refractivity contribution in [3.8, 4) is 34.6 Å². The van der Waals surface area contributed by atoms with E-state index in [1.54, 1.807) is 21.8 Å². The van der Waals surface area contributed by atoms with Gasteiger partial charge in [-0.3, -0.25) is 9.59 Å². The van der Waals surface area contributed by atoms with E-state index in [1.807, 2.05) is 97.1 Å². The molecule has 18 nitrogen and oxygen atoms in total. The van der Waals surface area contributed by atoms with Crippen LogP contribution < -0.4 is 29.6 Å². The van der Waals surface area contributed by atoms with Crippen LogP contribution in [0.5, 0.6) is 23.5 Å². The van der Waals surface area contributed by atoms with Crippen molar-refractivity contribution in [2.75, 3.05) is 13.1 Å². The van der Waals surface area contributed by atoms with Gasteiger partial charge in [0.1, 0.15) is 26.4 Å². The Morgan fingerprint density at radius 2 is 0.934 bits per heavy atom. The summed E-state index contributed by atoms with van der Waals surface area (Å²) < 4.78 is 30.5. The van der Waals surface area contributed by atoms with E-state index in [0.717, 1.165) is 67.0 Å². The van der Waals surface area contributed by atoms with Crippen LogP contribution in [0.25, 0.3) is 11.1 Å². The summed E-state index contributed by atoms with van der Waals surface area (Å²) in [6, 6.07) is 36.1. The van der Waals surface area contributed by atoms with Crippen LogP contribution in [0.4, 0.5) is 0 Å². The molecule has 4 aromatic heterocycles. The molecule has 4 aromatic carbocycles. The summed E-state index contributed by atoms with van der Waals surface area (Å²) in [5.74, 6) is -0.262. The fraction of sp³-hybridized carbons (Fsp3) is 0.286. The molecule has 76 heavy (non-hydrogen) atoms. The Kier molecular flexibility index (Phi) is 19.7. The fourth-order valence-electron chi connectivity index (χ4n) is 8.27. The average Bonchev–Trinajstić information content (AvgIpc) is 4.07. The smallest absolute Gasteiger partial charge is 0.303 e. The van der Waals surface area contributed by atoms with Gasteiger partial charge in [0.2, 0.25) is 23.5 Å². The van der Waals surface area contributed by atoms with E-state index < -0.39 is 11.9 Å². The Balaban J connectivity index is 0.963. The number of pyridine rings is 2. The number of hydrogen-bond donors (Lipinski definition) is 4. The molecule has 0 saturated carbocycles. The number of aliphatic carboxylic acids is 2. The number of benzene rings is 4. The summed E-state index contributed by atoms with van der Waals surface area (Å²) in [5, 5.41) is 41.7. The third kappa shape index (κ3) is 15.3. The van der Waals surface area contributed by atoms with Gasteiger partial charge < -0.3 is 39.8 Å². The molecular weight excluding hydrogens is 1100 g/mol. The van der Waals surface area contributed by atoms with Crippen LogP contribution in [0.2, 0.25) is 0 Å². The number of nitrogens with one attached hydrogen (secondary N) is 2. The molecule has 0 bridgehead atoms. The molecule has 0 aliphatic heterocycles. The predicted molar refractivity (Wildman–Crippen MR) is 291 cm³/mol. The summed E-state index contributed by atoms with van der Waals surface area (Å²) in [5.41, 5.74) is 11.3. The van der Waals surface area contributed by atoms with Crippen LogP contribution in [-0.2, 0) is 62.2 Å². The maximum atomic E-state index is 11.1. The Labute approximate surface area is 457 Å². The van der Waals surface area contributed by atoms with E-state index in [2.05, 4.69) is 89.1 Å². The maximum Gasteiger partial charge on any atom is 0.303 e. The van der Waals surface area contributed by atoms with Crippen molar-refractivity contribution in [1.29, 1.82) is 0 Å². The Hall–Kier alpha value is -7.52. The fourth-order valence-corrected chi connectivity index (χ4v) is 9.23. The first-order valence-electron chi connectivity index (χ1n) is 24.7. The predicted octanol–water partition coefficient (Wildman–Crippen LogP) is 9.79. The van der Waals surface area contributed by atoms with Gasteiger partial charge in [-0.1, -0.05) is 107 Å². The second kappa shape index (κ2) is 27.3. The van der Waals surface area contributed by atoms with E-state index in [9.17, 15) is 9.59 Å². The normalized spacial score (nSPS) is 11.2. The maximum absolute atomic E-state index is 11.1. The number of ether oxygens (including phenoxy) is 4. The van der Waals surface area contributed by atoms with Crippen LogP contribution in [0.3, 0.4) is 0 Å². The van der Waals surface area contributed by atoms with Gasteiger partial charge in [-0.15, -0.1) is 10.2 Å². The van der Waals surface area contributed by atoms with Crippen molar-refractivity contribution in [1.82, 2.24) is 50.6 Å². The average molecular weight is 1160 g/mol. The molecule has 0 spiro atoms. The van der Waals surface area contributed by atoms with E-state index in [-0.39, 0.29) is 39.3 Å². The summed E-state index contributed by atoms with van der Waals surface area (Å²) in [6.07, 6.45) is 4.44. The Morgan fingerprint density at radius 1 is 0.526 bits per heavy atom. The molecule has 0 atom stereocenters. The minimum Gasteiger partial charge on any atom is -0.481 e. The van der Waals surface area contributed by atoms with Crippen molar-refractivity contribution in [3.63, 3.8) is 0 Å². The lowest BCUT2D eigenvalue weighted by molar-refractivity contribution is -0.138. The monoisotopic (exact) mass is 1160 g/mol. The highest BCUT2D eigenvalue weighted by Crippen LogP contribution is 2.35. The number of rotatable bonds is 29. The second-order valence-corrected chi connectivity index (χ2v) is 19.6. The molecular formula is C56H58Br2N10O8. The molecule has 0 aliphatic carbocycles. The van der Waals surface area contributed by atoms with Gasteiger partial charge in [0.25, 0.3) is 0 Å². The molecule has 0 saturated heterocycles. The summed E-state index contributed by atoms with van der Waals surface area (Å²) in [4.78, 5) is 31.9. The highest BCUT2D eigenvalue weighted by atomic mass is 79.9. The molecule has 0 radical (unpaired) electrons. The third-order valence-electron chi connectivity index (χ3n) is 12.5. The number of aromatic nitrogens is 8. The lowest BCUT2D eigenvalue weighted by Crippen LogP contribution is -2.17. The zero-order valence-corrected chi connectivity index (χ0v) is 45.3. The van der Waals surface area contributed by atoms with Crippen molar-refractivity contribution >= 4 is 43.8 Å². The molecule has 4 N–H and O–H groups in total. The Bertz CT molecular complexity index is 3000. The molecule has 20 heteroatoms. The molecule has 0 unspecified atom stereocenters. The summed E-state index contributed by atoms with van der Waals surface area (Å²) >= 11 is 7.38. The standard InChI is InChI=1S/C56H58Br2N10O8/c1-37-41(33-73-55-49(57)25-43(27-59-23-11-21-51(69)70)53(63-55)75-35-45-29-61-65-67(45)31-39-13-5-3-6-14-39)17-9-19-47(37)48-20-10-18-42(38(48)2)34-74-56-50(58)26-44(28-60-24-12-22-52(71)72)54(64-56)76-36-46-30-62-66-68(46)32-40-15-7-4-8-16-40/h3-10,13-20,25-26,29-30,59-60H,11-12,21-24,27-28,31-36H2,1-2H3,(H,69,70)(H,71,72). The quantitative estimate of drug-likeness (QED) is 0.0320. The first-order valence-corrected chi connectivity index (χ1v) is 26.3. The summed E-state index contributed by atoms with van der Waals surface area (Å²) in [6.45, 7) is 7.74. The van der Waals surface area contributed by atoms with Crippen LogP contribution >= 0.6 is 31.9 Å². The third-order valence-corrected chi connectivity index (χ3v) is 13.6. The van der Waals surface area contributed by atoms with Crippen molar-refractivity contribution in [2.45, 2.75) is 92.1 Å². The van der Waals surface area contributed by atoms with E-state index in [4.69, 9.17) is 39.1 Å². The molecule has 8 aromatic rings. The van der Waals surface area contributed by atoms with E-state index in [1.165, 1.54) is 0 Å². The number of carbonyl (C=O) groups is 2. The highest BCUT2D eigenvalue weighted by molar-refractivity contribution is 9.10. The number of nitrogens with zero attached hydrogens (tertiary/aromatic N) is 8. The first-order chi connectivity index (χ1) is 37.0. The van der Waals surface area contributed by atoms with Gasteiger partial charge in [0, 0.05) is 37.1 Å². The molecule has 0 fully saturated rings. The van der Waals surface area contributed by atoms with Gasteiger partial charge in [-0.05, 0) is 128 Å². The topological polar surface area (TPSA) is 223 Å². The molecule has 0 aliphatic rings. The number of hydrogen-bond acceptors (Lipinski definition) is 14. The molecule has 8 rings (SSSR count). The van der Waals surface area contributed by atoms with Crippen LogP contribution in [0, 0.1) is 13.8 Å². The summed E-state index contributed by atoms with van der Waals surface area (Å²) in [7, 11) is 0. The van der Waals surface area contributed by atoms with Gasteiger partial charge >= 0.3 is 11.9 Å². The number of carboxylic acids is 2. The zero-order chi connectivity index (χ0) is 53.2. The number of halogens is 2. The van der Waals surface area contributed by atoms with Gasteiger partial charge in [-0.25, -0.2) is 9.36 Å². The SMILES string of the molecule is Cc1c(COc2nc(OCc3cnnn3Cc3ccccc3)c(CNCCCC(=O)O)cc2Br)cccc1-c1cccc(COc2nc(OCc3cnnn3Cc3ccccc3)c(CNCCCC(=O)O)cc2Br)c1C. The Morgan fingerprint density at radius 3 is 1.34 bits per heavy atom. The van der Waals surface area contributed by atoms with Crippen molar-refractivity contribution in [3.05, 3.63) is 186 Å². The van der Waals surface area contributed by atoms with Gasteiger partial charge in [0.15, 0.2) is 0 Å². The van der Waals surface area contributed by atoms with Gasteiger partial charge in [-0.2, -0.15) is 9.97 Å². The van der Waals surface area contributed by atoms with E-state index in [0.29, 0.717) is 84.6 Å². The van der Waals surface area contributed by atoms with Gasteiger partial charge in [0.05, 0.1) is 45.8 Å². The zero-order valence-electron chi connectivity index (χ0n) is 42.1. The second-order valence-electron chi connectivity index (χ2n) is 17.9.